The molecule has 3 fully saturated rings. The van der Waals surface area contributed by atoms with E-state index < -0.39 is 66.0 Å². The van der Waals surface area contributed by atoms with Crippen LogP contribution in [0.1, 0.15) is 59.8 Å². The average molecular weight is 534 g/mol. The van der Waals surface area contributed by atoms with Crippen LogP contribution < -0.4 is 0 Å². The number of hydrogen-bond donors (Lipinski definition) is 1. The minimum absolute atomic E-state index is 0.00104. The monoisotopic (exact) mass is 533 g/mol. The summed E-state index contributed by atoms with van der Waals surface area (Å²) in [7, 11) is 0. The number of rotatable bonds is 9. The zero-order chi connectivity index (χ0) is 27.2. The van der Waals surface area contributed by atoms with Crippen LogP contribution in [0.5, 0.6) is 0 Å². The third-order valence-electron chi connectivity index (χ3n) is 6.55. The van der Waals surface area contributed by atoms with E-state index in [4.69, 9.17) is 37.9 Å². The van der Waals surface area contributed by atoms with E-state index in [1.165, 1.54) is 6.92 Å². The highest BCUT2D eigenvalue weighted by molar-refractivity contribution is 5.68. The van der Waals surface area contributed by atoms with Gasteiger partial charge in [0.1, 0.15) is 12.7 Å². The van der Waals surface area contributed by atoms with Crippen molar-refractivity contribution in [3.05, 3.63) is 0 Å². The molecule has 0 radical (unpaired) electrons. The highest BCUT2D eigenvalue weighted by Crippen LogP contribution is 2.41. The van der Waals surface area contributed by atoms with Crippen LogP contribution in [0.4, 0.5) is 0 Å². The van der Waals surface area contributed by atoms with Crippen molar-refractivity contribution in [3.8, 4) is 0 Å². The molecule has 0 bridgehead atoms. The first-order valence-electron chi connectivity index (χ1n) is 12.3. The minimum Gasteiger partial charge on any atom is -0.463 e. The van der Waals surface area contributed by atoms with Crippen molar-refractivity contribution in [1.29, 1.82) is 0 Å². The van der Waals surface area contributed by atoms with Gasteiger partial charge in [-0.1, -0.05) is 0 Å². The van der Waals surface area contributed by atoms with Gasteiger partial charge in [0.25, 0.3) is 0 Å². The topological polar surface area (TPSA) is 162 Å². The second-order valence-corrected chi connectivity index (χ2v) is 9.52. The van der Waals surface area contributed by atoms with Gasteiger partial charge in [-0.25, -0.2) is 0 Å². The van der Waals surface area contributed by atoms with E-state index in [9.17, 15) is 24.3 Å². The fourth-order valence-corrected chi connectivity index (χ4v) is 4.82. The number of hydrogen-bond acceptors (Lipinski definition) is 13. The Bertz CT molecular complexity index is 826. The summed E-state index contributed by atoms with van der Waals surface area (Å²) < 4.78 is 44.4. The minimum atomic E-state index is -1.31. The van der Waals surface area contributed by atoms with Crippen LogP contribution in [-0.2, 0) is 57.1 Å². The first-order chi connectivity index (χ1) is 17.4. The molecule has 0 aromatic carbocycles. The Hall–Kier alpha value is -2.32. The third kappa shape index (κ3) is 8.08. The highest BCUT2D eigenvalue weighted by Gasteiger charge is 2.53. The van der Waals surface area contributed by atoms with Crippen LogP contribution in [0, 0.1) is 0 Å². The molecule has 0 unspecified atom stereocenters. The van der Waals surface area contributed by atoms with Gasteiger partial charge in [0.05, 0.1) is 25.4 Å². The lowest BCUT2D eigenvalue weighted by Gasteiger charge is -2.44. The summed E-state index contributed by atoms with van der Waals surface area (Å²) in [6.45, 7) is 5.36. The molecular weight excluding hydrogens is 497 g/mol. The maximum Gasteiger partial charge on any atom is 0.303 e. The lowest BCUT2D eigenvalue weighted by Crippen LogP contribution is -2.63. The Labute approximate surface area is 214 Å². The molecule has 37 heavy (non-hydrogen) atoms. The summed E-state index contributed by atoms with van der Waals surface area (Å²) >= 11 is 0. The Morgan fingerprint density at radius 3 is 1.86 bits per heavy atom. The second-order valence-electron chi connectivity index (χ2n) is 9.52. The standard InChI is InChI=1S/C24H36O13/c1-14(25)31-13-18-19(34-15(2)26)20(35-16(3)27)21(36-17(4)28)22(37-18)30-10-9-23(29)5-7-24(8-6-23)32-11-12-33-24/h18-22,29H,5-13H2,1-4H3/t18-,19-,20+,21-,22-/m1/s1/i9+1. The molecule has 1 N–H and O–H groups in total. The quantitative estimate of drug-likeness (QED) is 0.248. The SMILES string of the molecule is CC(=O)OC[C@H]1O[C@@H](OC[13CH2]C2(O)CCC3(CC2)OCCO3)[C@H](OC(C)=O)[C@@H](OC(C)=O)[C@@H]1OC(C)=O. The molecule has 13 heteroatoms. The van der Waals surface area contributed by atoms with Gasteiger partial charge in [-0.2, -0.15) is 0 Å². The highest BCUT2D eigenvalue weighted by atomic mass is 16.7. The molecule has 1 aliphatic carbocycles. The summed E-state index contributed by atoms with van der Waals surface area (Å²) in [5.74, 6) is -3.40. The number of esters is 4. The van der Waals surface area contributed by atoms with Gasteiger partial charge in [-0.3, -0.25) is 19.2 Å². The fraction of sp³-hybridized carbons (Fsp3) is 0.833. The Kier molecular flexibility index (Phi) is 9.86. The molecule has 0 amide bonds. The molecule has 0 aromatic rings. The third-order valence-corrected chi connectivity index (χ3v) is 6.55. The summed E-state index contributed by atoms with van der Waals surface area (Å²) in [5.41, 5.74) is -1.03. The van der Waals surface area contributed by atoms with Gasteiger partial charge in [-0.05, 0) is 19.3 Å². The van der Waals surface area contributed by atoms with E-state index in [-0.39, 0.29) is 19.6 Å². The van der Waals surface area contributed by atoms with Gasteiger partial charge in [0.2, 0.25) is 0 Å². The normalized spacial score (nSPS) is 30.4. The Balaban J connectivity index is 1.73. The number of ether oxygens (including phenoxy) is 8. The van der Waals surface area contributed by atoms with Gasteiger partial charge in [0.15, 0.2) is 30.4 Å². The Morgan fingerprint density at radius 2 is 1.32 bits per heavy atom. The van der Waals surface area contributed by atoms with Crippen LogP contribution in [0.15, 0.2) is 0 Å². The van der Waals surface area contributed by atoms with E-state index in [1.54, 1.807) is 0 Å². The molecule has 13 nitrogen and oxygen atoms in total. The van der Waals surface area contributed by atoms with Crippen molar-refractivity contribution in [2.24, 2.45) is 0 Å². The summed E-state index contributed by atoms with van der Waals surface area (Å²) in [5, 5.41) is 11.1. The largest absolute Gasteiger partial charge is 0.463 e. The predicted octanol–water partition coefficient (Wildman–Crippen LogP) is 0.524. The van der Waals surface area contributed by atoms with Gasteiger partial charge in [-0.15, -0.1) is 0 Å². The molecule has 3 aliphatic rings. The van der Waals surface area contributed by atoms with E-state index in [1.807, 2.05) is 0 Å². The molecule has 0 aromatic heterocycles. The van der Waals surface area contributed by atoms with Crippen molar-refractivity contribution < 1.29 is 62.2 Å². The number of carbonyl (C=O) groups excluding carboxylic acids is 4. The second kappa shape index (κ2) is 12.5. The lowest BCUT2D eigenvalue weighted by atomic mass is 9.85. The van der Waals surface area contributed by atoms with Crippen LogP contribution in [0.3, 0.4) is 0 Å². The summed E-state index contributed by atoms with van der Waals surface area (Å²) in [4.78, 5) is 47.0. The number of carbonyl (C=O) groups is 4. The summed E-state index contributed by atoms with van der Waals surface area (Å²) in [6.07, 6.45) is -4.04. The van der Waals surface area contributed by atoms with E-state index >= 15 is 0 Å². The molecule has 1 spiro atoms. The van der Waals surface area contributed by atoms with E-state index in [0.717, 1.165) is 20.8 Å². The molecule has 1 saturated carbocycles. The van der Waals surface area contributed by atoms with Crippen molar-refractivity contribution in [2.45, 2.75) is 102 Å². The maximum atomic E-state index is 11.9. The van der Waals surface area contributed by atoms with Crippen LogP contribution in [0.2, 0.25) is 0 Å². The number of aliphatic hydroxyl groups is 1. The van der Waals surface area contributed by atoms with Gasteiger partial charge in [0, 0.05) is 40.5 Å². The van der Waals surface area contributed by atoms with Crippen LogP contribution in [0.25, 0.3) is 0 Å². The van der Waals surface area contributed by atoms with Gasteiger partial charge >= 0.3 is 23.9 Å². The van der Waals surface area contributed by atoms with Crippen molar-refractivity contribution >= 4 is 23.9 Å². The fourth-order valence-electron chi connectivity index (χ4n) is 4.82. The molecule has 3 rings (SSSR count). The lowest BCUT2D eigenvalue weighted by molar-refractivity contribution is -0.309. The first kappa shape index (κ1) is 29.2. The van der Waals surface area contributed by atoms with Crippen molar-refractivity contribution in [2.75, 3.05) is 26.4 Å². The molecule has 210 valence electrons. The zero-order valence-electron chi connectivity index (χ0n) is 21.6. The molecule has 5 atom stereocenters. The van der Waals surface area contributed by atoms with Crippen molar-refractivity contribution in [3.63, 3.8) is 0 Å². The van der Waals surface area contributed by atoms with E-state index in [2.05, 4.69) is 0 Å². The zero-order valence-corrected chi connectivity index (χ0v) is 21.6. The average Bonchev–Trinajstić information content (AvgIpc) is 3.26. The van der Waals surface area contributed by atoms with Gasteiger partial charge < -0.3 is 43.0 Å². The van der Waals surface area contributed by atoms with E-state index in [0.29, 0.717) is 38.9 Å². The maximum absolute atomic E-state index is 11.9. The predicted molar refractivity (Wildman–Crippen MR) is 121 cm³/mol. The molecule has 2 saturated heterocycles. The smallest absolute Gasteiger partial charge is 0.303 e. The Morgan fingerprint density at radius 1 is 0.784 bits per heavy atom. The van der Waals surface area contributed by atoms with Crippen molar-refractivity contribution in [1.82, 2.24) is 0 Å². The first-order valence-corrected chi connectivity index (χ1v) is 12.3. The molecule has 2 heterocycles. The molecule has 2 aliphatic heterocycles. The van der Waals surface area contributed by atoms with Crippen LogP contribution in [-0.4, -0.2) is 97.5 Å². The summed E-state index contributed by atoms with van der Waals surface area (Å²) in [6, 6.07) is 0. The molecular formula is C24H36O13. The van der Waals surface area contributed by atoms with Crippen LogP contribution >= 0.6 is 0 Å².